The van der Waals surface area contributed by atoms with E-state index in [-0.39, 0.29) is 11.5 Å². The molecule has 0 spiro atoms. The second-order valence-electron chi connectivity index (χ2n) is 6.21. The summed E-state index contributed by atoms with van der Waals surface area (Å²) < 4.78 is 1.09. The van der Waals surface area contributed by atoms with Crippen LogP contribution in [0.1, 0.15) is 19.3 Å². The fourth-order valence-electron chi connectivity index (χ4n) is 3.35. The molecule has 0 radical (unpaired) electrons. The monoisotopic (exact) mass is 363 g/mol. The predicted octanol–water partition coefficient (Wildman–Crippen LogP) is 5.13. The number of benzene rings is 2. The summed E-state index contributed by atoms with van der Waals surface area (Å²) in [4.78, 5) is 26.5. The van der Waals surface area contributed by atoms with Gasteiger partial charge in [-0.3, -0.25) is 9.69 Å². The summed E-state index contributed by atoms with van der Waals surface area (Å²) in [6, 6.07) is 19.4. The molecule has 26 heavy (non-hydrogen) atoms. The average molecular weight is 363 g/mol. The van der Waals surface area contributed by atoms with Crippen molar-refractivity contribution in [3.8, 4) is 0 Å². The minimum atomic E-state index is -0.991. The van der Waals surface area contributed by atoms with Crippen molar-refractivity contribution in [3.05, 3.63) is 71.8 Å². The molecule has 1 aliphatic carbocycles. The number of fused-ring (bicyclic) bond motifs is 1. The van der Waals surface area contributed by atoms with Gasteiger partial charge >= 0.3 is 5.97 Å². The molecule has 1 amide bonds. The van der Waals surface area contributed by atoms with Gasteiger partial charge in [0.1, 0.15) is 5.00 Å². The second kappa shape index (κ2) is 6.77. The van der Waals surface area contributed by atoms with Gasteiger partial charge in [0.2, 0.25) is 0 Å². The maximum atomic E-state index is 13.3. The number of carbonyl (C=O) groups is 2. The summed E-state index contributed by atoms with van der Waals surface area (Å²) in [5.74, 6) is -1.23. The minimum Gasteiger partial charge on any atom is -0.478 e. The number of anilines is 2. The first-order valence-electron chi connectivity index (χ1n) is 8.48. The van der Waals surface area contributed by atoms with Gasteiger partial charge in [0.15, 0.2) is 0 Å². The number of hydrogen-bond donors (Lipinski definition) is 1. The molecule has 5 heteroatoms. The highest BCUT2D eigenvalue weighted by molar-refractivity contribution is 7.23. The van der Waals surface area contributed by atoms with Crippen molar-refractivity contribution in [2.24, 2.45) is 0 Å². The van der Waals surface area contributed by atoms with Gasteiger partial charge in [-0.05, 0) is 48.9 Å². The molecular formula is C21H17NO3S. The van der Waals surface area contributed by atoms with Crippen molar-refractivity contribution in [3.63, 3.8) is 0 Å². The summed E-state index contributed by atoms with van der Waals surface area (Å²) >= 11 is 1.53. The van der Waals surface area contributed by atoms with Gasteiger partial charge in [-0.1, -0.05) is 36.4 Å². The largest absolute Gasteiger partial charge is 0.478 e. The Labute approximate surface area is 155 Å². The van der Waals surface area contributed by atoms with Crippen LogP contribution in [0.3, 0.4) is 0 Å². The molecule has 3 aromatic rings. The van der Waals surface area contributed by atoms with Gasteiger partial charge in [0.25, 0.3) is 5.91 Å². The van der Waals surface area contributed by atoms with Gasteiger partial charge in [-0.25, -0.2) is 4.79 Å². The van der Waals surface area contributed by atoms with Gasteiger partial charge in [-0.2, -0.15) is 0 Å². The van der Waals surface area contributed by atoms with Crippen LogP contribution in [0.15, 0.2) is 71.8 Å². The summed E-state index contributed by atoms with van der Waals surface area (Å²) in [5, 5.41) is 11.3. The molecule has 1 heterocycles. The van der Waals surface area contributed by atoms with E-state index in [1.165, 1.54) is 11.3 Å². The highest BCUT2D eigenvalue weighted by atomic mass is 32.1. The van der Waals surface area contributed by atoms with Gasteiger partial charge in [0, 0.05) is 15.8 Å². The average Bonchev–Trinajstić information content (AvgIpc) is 3.29. The molecule has 0 fully saturated rings. The molecule has 2 aromatic carbocycles. The van der Waals surface area contributed by atoms with Crippen LogP contribution in [0, 0.1) is 0 Å². The maximum absolute atomic E-state index is 13.3. The minimum absolute atomic E-state index is 0.238. The summed E-state index contributed by atoms with van der Waals surface area (Å²) in [5.41, 5.74) is 1.41. The molecule has 0 atom stereocenters. The van der Waals surface area contributed by atoms with E-state index in [1.54, 1.807) is 4.90 Å². The lowest BCUT2D eigenvalue weighted by Crippen LogP contribution is -2.27. The Morgan fingerprint density at radius 2 is 1.62 bits per heavy atom. The highest BCUT2D eigenvalue weighted by Crippen LogP contribution is 2.39. The molecule has 0 bridgehead atoms. The molecule has 1 aliphatic rings. The predicted molar refractivity (Wildman–Crippen MR) is 104 cm³/mol. The van der Waals surface area contributed by atoms with E-state index in [0.29, 0.717) is 24.8 Å². The van der Waals surface area contributed by atoms with Crippen molar-refractivity contribution in [2.45, 2.75) is 19.3 Å². The normalized spacial score (nSPS) is 14.0. The number of rotatable bonds is 4. The van der Waals surface area contributed by atoms with Gasteiger partial charge in [-0.15, -0.1) is 11.3 Å². The standard InChI is InChI=1S/C21H17NO3S/c23-20(16-10-6-11-17(16)21(24)25)22(15-8-2-1-3-9-15)19-13-14-7-4-5-12-18(14)26-19/h1-5,7-9,12-13H,6,10-11H2,(H,24,25). The van der Waals surface area contributed by atoms with E-state index in [0.717, 1.165) is 20.8 Å². The van der Waals surface area contributed by atoms with Crippen molar-refractivity contribution in [1.82, 2.24) is 0 Å². The number of carboxylic acid groups (broad SMARTS) is 1. The van der Waals surface area contributed by atoms with E-state index >= 15 is 0 Å². The maximum Gasteiger partial charge on any atom is 0.332 e. The van der Waals surface area contributed by atoms with Crippen molar-refractivity contribution >= 4 is 44.0 Å². The molecule has 0 saturated carbocycles. The number of nitrogens with zero attached hydrogens (tertiary/aromatic N) is 1. The molecule has 4 nitrogen and oxygen atoms in total. The SMILES string of the molecule is O=C(O)C1=C(C(=O)N(c2ccccc2)c2cc3ccccc3s2)CCC1. The molecule has 1 aromatic heterocycles. The molecule has 4 rings (SSSR count). The number of carboxylic acids is 1. The fourth-order valence-corrected chi connectivity index (χ4v) is 4.43. The summed E-state index contributed by atoms with van der Waals surface area (Å²) in [6.45, 7) is 0. The number of thiophene rings is 1. The van der Waals surface area contributed by atoms with Crippen LogP contribution in [0.2, 0.25) is 0 Å². The van der Waals surface area contributed by atoms with Crippen LogP contribution in [0.4, 0.5) is 10.7 Å². The van der Waals surface area contributed by atoms with Crippen molar-refractivity contribution in [1.29, 1.82) is 0 Å². The van der Waals surface area contributed by atoms with Crippen LogP contribution in [0.25, 0.3) is 10.1 Å². The Morgan fingerprint density at radius 3 is 2.35 bits per heavy atom. The van der Waals surface area contributed by atoms with Gasteiger partial charge in [0.05, 0.1) is 5.69 Å². The summed E-state index contributed by atoms with van der Waals surface area (Å²) in [7, 11) is 0. The zero-order valence-electron chi connectivity index (χ0n) is 14.0. The number of aliphatic carboxylic acids is 1. The first-order valence-corrected chi connectivity index (χ1v) is 9.30. The quantitative estimate of drug-likeness (QED) is 0.699. The smallest absolute Gasteiger partial charge is 0.332 e. The Balaban J connectivity index is 1.85. The van der Waals surface area contributed by atoms with Crippen LogP contribution >= 0.6 is 11.3 Å². The highest BCUT2D eigenvalue weighted by Gasteiger charge is 2.30. The third-order valence-electron chi connectivity index (χ3n) is 4.58. The number of hydrogen-bond acceptors (Lipinski definition) is 3. The fraction of sp³-hybridized carbons (Fsp3) is 0.143. The molecule has 0 saturated heterocycles. The van der Waals surface area contributed by atoms with Crippen LogP contribution in [-0.2, 0) is 9.59 Å². The Hall–Kier alpha value is -2.92. The zero-order chi connectivity index (χ0) is 18.1. The molecule has 130 valence electrons. The third kappa shape index (κ3) is 2.91. The first kappa shape index (κ1) is 16.5. The van der Waals surface area contributed by atoms with Crippen LogP contribution < -0.4 is 4.90 Å². The van der Waals surface area contributed by atoms with E-state index < -0.39 is 5.97 Å². The Morgan fingerprint density at radius 1 is 0.923 bits per heavy atom. The Kier molecular flexibility index (Phi) is 4.31. The second-order valence-corrected chi connectivity index (χ2v) is 7.28. The molecule has 0 aliphatic heterocycles. The summed E-state index contributed by atoms with van der Waals surface area (Å²) in [6.07, 6.45) is 1.66. The number of amides is 1. The lowest BCUT2D eigenvalue weighted by molar-refractivity contribution is -0.133. The molecular weight excluding hydrogens is 346 g/mol. The van der Waals surface area contributed by atoms with E-state index in [9.17, 15) is 14.7 Å². The van der Waals surface area contributed by atoms with Crippen LogP contribution in [0.5, 0.6) is 0 Å². The van der Waals surface area contributed by atoms with E-state index in [2.05, 4.69) is 0 Å². The first-order chi connectivity index (χ1) is 12.6. The lowest BCUT2D eigenvalue weighted by atomic mass is 10.1. The number of carbonyl (C=O) groups excluding carboxylic acids is 1. The molecule has 0 unspecified atom stereocenters. The van der Waals surface area contributed by atoms with Crippen molar-refractivity contribution < 1.29 is 14.7 Å². The third-order valence-corrected chi connectivity index (χ3v) is 5.69. The van der Waals surface area contributed by atoms with Crippen LogP contribution in [-0.4, -0.2) is 17.0 Å². The Bertz CT molecular complexity index is 987. The lowest BCUT2D eigenvalue weighted by Gasteiger charge is -2.22. The van der Waals surface area contributed by atoms with Gasteiger partial charge < -0.3 is 5.11 Å². The van der Waals surface area contributed by atoms with E-state index in [4.69, 9.17) is 0 Å². The molecule has 1 N–H and O–H groups in total. The zero-order valence-corrected chi connectivity index (χ0v) is 14.8. The van der Waals surface area contributed by atoms with E-state index in [1.807, 2.05) is 60.7 Å². The number of para-hydroxylation sites is 1. The van der Waals surface area contributed by atoms with Crippen molar-refractivity contribution in [2.75, 3.05) is 4.90 Å². The topological polar surface area (TPSA) is 57.6 Å².